The molecule has 3 heteroatoms. The number of halogens is 2. The first-order valence-corrected chi connectivity index (χ1v) is 3.53. The van der Waals surface area contributed by atoms with Crippen LogP contribution in [0, 0.1) is 11.6 Å². The van der Waals surface area contributed by atoms with Crippen LogP contribution in [0.4, 0.5) is 8.78 Å². The van der Waals surface area contributed by atoms with Crippen LogP contribution < -0.4 is 0 Å². The van der Waals surface area contributed by atoms with Crippen LogP contribution in [0.2, 0.25) is 0 Å². The van der Waals surface area contributed by atoms with Crippen molar-refractivity contribution in [3.05, 3.63) is 41.0 Å². The number of hydrogen-bond donors (Lipinski definition) is 1. The zero-order valence-corrected chi connectivity index (χ0v) is 6.09. The normalized spacial score (nSPS) is 19.8. The fourth-order valence-electron chi connectivity index (χ4n) is 1.32. The van der Waals surface area contributed by atoms with Gasteiger partial charge in [-0.25, -0.2) is 8.78 Å². The van der Waals surface area contributed by atoms with Crippen molar-refractivity contribution < 1.29 is 13.9 Å². The Morgan fingerprint density at radius 3 is 2.75 bits per heavy atom. The Kier molecular flexibility index (Phi) is 1.48. The Morgan fingerprint density at radius 2 is 2.00 bits per heavy atom. The van der Waals surface area contributed by atoms with Gasteiger partial charge in [-0.05, 0) is 11.6 Å². The van der Waals surface area contributed by atoms with Gasteiger partial charge in [-0.1, -0.05) is 12.2 Å². The molecule has 0 saturated carbocycles. The fourth-order valence-corrected chi connectivity index (χ4v) is 1.32. The topological polar surface area (TPSA) is 20.2 Å². The molecule has 0 radical (unpaired) electrons. The smallest absolute Gasteiger partial charge is 0.133 e. The Labute approximate surface area is 68.0 Å². The Balaban J connectivity index is 2.66. The van der Waals surface area contributed by atoms with E-state index >= 15 is 0 Å². The van der Waals surface area contributed by atoms with Crippen LogP contribution in [0.5, 0.6) is 0 Å². The summed E-state index contributed by atoms with van der Waals surface area (Å²) in [6.45, 7) is 0. The zero-order valence-electron chi connectivity index (χ0n) is 6.09. The average molecular weight is 168 g/mol. The molecule has 0 amide bonds. The van der Waals surface area contributed by atoms with Gasteiger partial charge in [-0.3, -0.25) is 0 Å². The molecule has 0 aromatic heterocycles. The number of benzene rings is 1. The summed E-state index contributed by atoms with van der Waals surface area (Å²) >= 11 is 0. The number of hydrogen-bond acceptors (Lipinski definition) is 1. The third kappa shape index (κ3) is 0.940. The summed E-state index contributed by atoms with van der Waals surface area (Å²) in [7, 11) is 0. The first-order valence-electron chi connectivity index (χ1n) is 3.53. The third-order valence-electron chi connectivity index (χ3n) is 1.89. The van der Waals surface area contributed by atoms with Gasteiger partial charge < -0.3 is 5.11 Å². The zero-order chi connectivity index (χ0) is 8.72. The summed E-state index contributed by atoms with van der Waals surface area (Å²) in [5, 5.41) is 9.21. The van der Waals surface area contributed by atoms with E-state index < -0.39 is 17.7 Å². The van der Waals surface area contributed by atoms with Crippen LogP contribution in [0.3, 0.4) is 0 Å². The summed E-state index contributed by atoms with van der Waals surface area (Å²) in [5.74, 6) is -1.29. The van der Waals surface area contributed by atoms with Crippen molar-refractivity contribution >= 4 is 6.08 Å². The van der Waals surface area contributed by atoms with Gasteiger partial charge in [0.2, 0.25) is 0 Å². The summed E-state index contributed by atoms with van der Waals surface area (Å²) < 4.78 is 25.5. The van der Waals surface area contributed by atoms with Gasteiger partial charge in [0.15, 0.2) is 0 Å². The Bertz CT molecular complexity index is 358. The standard InChI is InChI=1S/C9H6F2O/c10-5-3-7-6(8(11)4-5)1-2-9(7)12/h1-4,9,12H. The van der Waals surface area contributed by atoms with E-state index in [9.17, 15) is 13.9 Å². The highest BCUT2D eigenvalue weighted by Crippen LogP contribution is 2.30. The molecule has 62 valence electrons. The van der Waals surface area contributed by atoms with E-state index in [4.69, 9.17) is 0 Å². The van der Waals surface area contributed by atoms with Crippen molar-refractivity contribution in [2.75, 3.05) is 0 Å². The minimum Gasteiger partial charge on any atom is -0.384 e. The minimum atomic E-state index is -0.870. The quantitative estimate of drug-likeness (QED) is 0.628. The van der Waals surface area contributed by atoms with E-state index in [1.165, 1.54) is 12.2 Å². The molecule has 1 unspecified atom stereocenters. The van der Waals surface area contributed by atoms with Crippen molar-refractivity contribution in [1.82, 2.24) is 0 Å². The van der Waals surface area contributed by atoms with Crippen molar-refractivity contribution in [3.63, 3.8) is 0 Å². The maximum atomic E-state index is 12.9. The van der Waals surface area contributed by atoms with Crippen LogP contribution in [-0.2, 0) is 0 Å². The van der Waals surface area contributed by atoms with E-state index in [-0.39, 0.29) is 5.56 Å². The first kappa shape index (κ1) is 7.43. The molecule has 0 saturated heterocycles. The monoisotopic (exact) mass is 168 g/mol. The number of fused-ring (bicyclic) bond motifs is 1. The van der Waals surface area contributed by atoms with E-state index in [0.717, 1.165) is 12.1 Å². The molecule has 1 aromatic rings. The van der Waals surface area contributed by atoms with E-state index in [1.54, 1.807) is 0 Å². The van der Waals surface area contributed by atoms with Gasteiger partial charge in [0.05, 0.1) is 6.10 Å². The third-order valence-corrected chi connectivity index (χ3v) is 1.89. The molecule has 1 aliphatic carbocycles. The summed E-state index contributed by atoms with van der Waals surface area (Å²) in [5.41, 5.74) is 0.580. The molecule has 0 spiro atoms. The van der Waals surface area contributed by atoms with Crippen molar-refractivity contribution in [2.24, 2.45) is 0 Å². The van der Waals surface area contributed by atoms with Crippen LogP contribution in [0.25, 0.3) is 6.08 Å². The lowest BCUT2D eigenvalue weighted by Crippen LogP contribution is -1.94. The maximum Gasteiger partial charge on any atom is 0.133 e. The lowest BCUT2D eigenvalue weighted by Gasteiger charge is -2.04. The van der Waals surface area contributed by atoms with Crippen LogP contribution in [0.1, 0.15) is 17.2 Å². The van der Waals surface area contributed by atoms with Gasteiger partial charge >= 0.3 is 0 Å². The minimum absolute atomic E-state index is 0.281. The number of rotatable bonds is 0. The summed E-state index contributed by atoms with van der Waals surface area (Å²) in [4.78, 5) is 0. The van der Waals surface area contributed by atoms with Crippen LogP contribution in [0.15, 0.2) is 18.2 Å². The van der Waals surface area contributed by atoms with Crippen molar-refractivity contribution in [1.29, 1.82) is 0 Å². The lowest BCUT2D eigenvalue weighted by molar-refractivity contribution is 0.231. The average Bonchev–Trinajstić information content (AvgIpc) is 2.33. The number of aliphatic hydroxyl groups excluding tert-OH is 1. The van der Waals surface area contributed by atoms with E-state index in [2.05, 4.69) is 0 Å². The molecule has 2 rings (SSSR count). The molecule has 1 aromatic carbocycles. The second kappa shape index (κ2) is 2.38. The number of aliphatic hydroxyl groups is 1. The Morgan fingerprint density at radius 1 is 1.25 bits per heavy atom. The Hall–Kier alpha value is -1.22. The largest absolute Gasteiger partial charge is 0.384 e. The molecule has 12 heavy (non-hydrogen) atoms. The maximum absolute atomic E-state index is 12.9. The van der Waals surface area contributed by atoms with Crippen LogP contribution >= 0.6 is 0 Å². The molecule has 0 aliphatic heterocycles. The van der Waals surface area contributed by atoms with E-state index in [1.807, 2.05) is 0 Å². The van der Waals surface area contributed by atoms with Crippen molar-refractivity contribution in [2.45, 2.75) is 6.10 Å². The SMILES string of the molecule is OC1C=Cc2c(F)cc(F)cc21. The first-order chi connectivity index (χ1) is 5.68. The molecular weight excluding hydrogens is 162 g/mol. The lowest BCUT2D eigenvalue weighted by atomic mass is 10.1. The molecule has 1 atom stereocenters. The molecule has 1 N–H and O–H groups in total. The molecule has 1 aliphatic rings. The fraction of sp³-hybridized carbons (Fsp3) is 0.111. The molecule has 1 nitrogen and oxygen atoms in total. The summed E-state index contributed by atoms with van der Waals surface area (Å²) in [6, 6.07) is 1.95. The molecule has 0 heterocycles. The van der Waals surface area contributed by atoms with Gasteiger partial charge in [0.1, 0.15) is 11.6 Å². The molecule has 0 bridgehead atoms. The second-order valence-corrected chi connectivity index (χ2v) is 2.69. The molecular formula is C9H6F2O. The van der Waals surface area contributed by atoms with Crippen molar-refractivity contribution in [3.8, 4) is 0 Å². The highest BCUT2D eigenvalue weighted by atomic mass is 19.1. The second-order valence-electron chi connectivity index (χ2n) is 2.69. The van der Waals surface area contributed by atoms with Gasteiger partial charge in [-0.15, -0.1) is 0 Å². The van der Waals surface area contributed by atoms with Crippen LogP contribution in [-0.4, -0.2) is 5.11 Å². The molecule has 0 fully saturated rings. The van der Waals surface area contributed by atoms with Gasteiger partial charge in [0, 0.05) is 11.6 Å². The summed E-state index contributed by atoms with van der Waals surface area (Å²) in [6.07, 6.45) is 2.01. The predicted molar refractivity (Wildman–Crippen MR) is 40.4 cm³/mol. The predicted octanol–water partition coefficient (Wildman–Crippen LogP) is 2.02. The van der Waals surface area contributed by atoms with Gasteiger partial charge in [0.25, 0.3) is 0 Å². The van der Waals surface area contributed by atoms with Gasteiger partial charge in [-0.2, -0.15) is 0 Å². The van der Waals surface area contributed by atoms with E-state index in [0.29, 0.717) is 5.56 Å². The highest BCUT2D eigenvalue weighted by Gasteiger charge is 2.18. The highest BCUT2D eigenvalue weighted by molar-refractivity contribution is 5.61.